The zero-order chi connectivity index (χ0) is 18.5. The minimum Gasteiger partial charge on any atom is -0.496 e. The number of hydrogen-bond donors (Lipinski definition) is 1. The third kappa shape index (κ3) is 4.20. The molecule has 1 heterocycles. The summed E-state index contributed by atoms with van der Waals surface area (Å²) < 4.78 is 23.9. The molecule has 0 unspecified atom stereocenters. The van der Waals surface area contributed by atoms with Crippen LogP contribution in [-0.4, -0.2) is 29.0 Å². The minimum absolute atomic E-state index is 0.0877. The van der Waals surface area contributed by atoms with Crippen molar-refractivity contribution in [3.05, 3.63) is 53.8 Å². The summed E-state index contributed by atoms with van der Waals surface area (Å²) in [5, 5.41) is 10.9. The van der Waals surface area contributed by atoms with Gasteiger partial charge in [0.05, 0.1) is 18.4 Å². The molecule has 1 aromatic heterocycles. The molecule has 0 spiro atoms. The fraction of sp³-hybridized carbons (Fsp3) is 0.167. The van der Waals surface area contributed by atoms with Crippen molar-refractivity contribution >= 4 is 23.4 Å². The van der Waals surface area contributed by atoms with E-state index in [0.29, 0.717) is 28.5 Å². The van der Waals surface area contributed by atoms with Crippen LogP contribution in [0.5, 0.6) is 5.75 Å². The van der Waals surface area contributed by atoms with Gasteiger partial charge in [0.15, 0.2) is 0 Å². The summed E-state index contributed by atoms with van der Waals surface area (Å²) in [7, 11) is 1.56. The van der Waals surface area contributed by atoms with Crippen molar-refractivity contribution in [3.63, 3.8) is 0 Å². The normalized spacial score (nSPS) is 10.6. The Kier molecular flexibility index (Phi) is 5.52. The number of rotatable bonds is 6. The number of hydrogen-bond acceptors (Lipinski definition) is 6. The summed E-state index contributed by atoms with van der Waals surface area (Å²) in [5.74, 6) is 0.438. The number of nitrogens with zero attached hydrogens (tertiary/aromatic N) is 2. The molecule has 1 amide bonds. The molecule has 0 bridgehead atoms. The second-order valence-electron chi connectivity index (χ2n) is 5.37. The molecule has 3 rings (SSSR count). The molecular weight excluding hydrogens is 357 g/mol. The van der Waals surface area contributed by atoms with E-state index < -0.39 is 0 Å². The van der Waals surface area contributed by atoms with Crippen LogP contribution in [0, 0.1) is 12.7 Å². The standard InChI is InChI=1S/C18H16FN3O3S/c1-11-9-12(19)7-8-14(11)20-16(23)10-26-18-22-21-17(25-18)13-5-3-4-6-15(13)24-2/h3-9H,10H2,1-2H3,(H,20,23). The lowest BCUT2D eigenvalue weighted by molar-refractivity contribution is -0.113. The number of anilines is 1. The molecule has 0 radical (unpaired) electrons. The van der Waals surface area contributed by atoms with Gasteiger partial charge in [-0.1, -0.05) is 23.9 Å². The molecule has 8 heteroatoms. The number of amides is 1. The highest BCUT2D eigenvalue weighted by molar-refractivity contribution is 7.99. The SMILES string of the molecule is COc1ccccc1-c1nnc(SCC(=O)Nc2ccc(F)cc2C)o1. The Morgan fingerprint density at radius 2 is 2.08 bits per heavy atom. The quantitative estimate of drug-likeness (QED) is 0.660. The van der Waals surface area contributed by atoms with Crippen LogP contribution in [0.1, 0.15) is 5.56 Å². The number of thioether (sulfide) groups is 1. The van der Waals surface area contributed by atoms with Gasteiger partial charge in [0.2, 0.25) is 5.91 Å². The number of aromatic nitrogens is 2. The van der Waals surface area contributed by atoms with Gasteiger partial charge in [-0.3, -0.25) is 4.79 Å². The van der Waals surface area contributed by atoms with Crippen LogP contribution in [0.25, 0.3) is 11.5 Å². The maximum Gasteiger partial charge on any atom is 0.277 e. The monoisotopic (exact) mass is 373 g/mol. The third-order valence-electron chi connectivity index (χ3n) is 3.53. The van der Waals surface area contributed by atoms with Gasteiger partial charge in [-0.05, 0) is 42.8 Å². The van der Waals surface area contributed by atoms with Crippen molar-refractivity contribution in [1.29, 1.82) is 0 Å². The number of benzene rings is 2. The topological polar surface area (TPSA) is 77.2 Å². The van der Waals surface area contributed by atoms with Crippen molar-refractivity contribution in [1.82, 2.24) is 10.2 Å². The van der Waals surface area contributed by atoms with Gasteiger partial charge in [-0.2, -0.15) is 0 Å². The molecule has 0 atom stereocenters. The van der Waals surface area contributed by atoms with E-state index in [1.807, 2.05) is 18.2 Å². The summed E-state index contributed by atoms with van der Waals surface area (Å²) in [5.41, 5.74) is 1.90. The van der Waals surface area contributed by atoms with Crippen molar-refractivity contribution in [2.75, 3.05) is 18.2 Å². The number of halogens is 1. The molecule has 1 N–H and O–H groups in total. The van der Waals surface area contributed by atoms with Crippen LogP contribution in [0.4, 0.5) is 10.1 Å². The second-order valence-corrected chi connectivity index (χ2v) is 6.30. The summed E-state index contributed by atoms with van der Waals surface area (Å²) in [6.45, 7) is 1.73. The highest BCUT2D eigenvalue weighted by Gasteiger charge is 2.14. The molecule has 26 heavy (non-hydrogen) atoms. The molecule has 134 valence electrons. The van der Waals surface area contributed by atoms with Gasteiger partial charge in [0.1, 0.15) is 11.6 Å². The molecule has 6 nitrogen and oxygen atoms in total. The van der Waals surface area contributed by atoms with E-state index in [1.54, 1.807) is 20.1 Å². The maximum atomic E-state index is 13.1. The van der Waals surface area contributed by atoms with E-state index in [0.717, 1.165) is 11.8 Å². The Hall–Kier alpha value is -2.87. The first-order chi connectivity index (χ1) is 12.6. The maximum absolute atomic E-state index is 13.1. The average molecular weight is 373 g/mol. The Bertz CT molecular complexity index is 930. The molecule has 0 aliphatic heterocycles. The minimum atomic E-state index is -0.343. The fourth-order valence-corrected chi connectivity index (χ4v) is 2.84. The van der Waals surface area contributed by atoms with Crippen molar-refractivity contribution in [3.8, 4) is 17.2 Å². The van der Waals surface area contributed by atoms with Gasteiger partial charge in [0, 0.05) is 5.69 Å². The molecule has 0 aliphatic carbocycles. The van der Waals surface area contributed by atoms with E-state index in [-0.39, 0.29) is 22.7 Å². The van der Waals surface area contributed by atoms with Crippen molar-refractivity contribution in [2.24, 2.45) is 0 Å². The molecule has 0 saturated heterocycles. The highest BCUT2D eigenvalue weighted by atomic mass is 32.2. The Morgan fingerprint density at radius 1 is 1.27 bits per heavy atom. The predicted octanol–water partition coefficient (Wildman–Crippen LogP) is 3.92. The summed E-state index contributed by atoms with van der Waals surface area (Å²) >= 11 is 1.12. The fourth-order valence-electron chi connectivity index (χ4n) is 2.28. The zero-order valence-corrected chi connectivity index (χ0v) is 15.0. The number of nitrogens with one attached hydrogen (secondary N) is 1. The number of aryl methyl sites for hydroxylation is 1. The second kappa shape index (κ2) is 8.01. The molecule has 2 aromatic carbocycles. The lowest BCUT2D eigenvalue weighted by atomic mass is 10.2. The average Bonchev–Trinajstić information content (AvgIpc) is 3.11. The van der Waals surface area contributed by atoms with Gasteiger partial charge in [0.25, 0.3) is 11.1 Å². The zero-order valence-electron chi connectivity index (χ0n) is 14.2. The first-order valence-electron chi connectivity index (χ1n) is 7.72. The van der Waals surface area contributed by atoms with E-state index >= 15 is 0 Å². The van der Waals surface area contributed by atoms with Gasteiger partial charge < -0.3 is 14.5 Å². The summed E-state index contributed by atoms with van der Waals surface area (Å²) in [4.78, 5) is 12.1. The number of methoxy groups -OCH3 is 1. The highest BCUT2D eigenvalue weighted by Crippen LogP contribution is 2.30. The Balaban J connectivity index is 1.62. The van der Waals surface area contributed by atoms with Crippen LogP contribution >= 0.6 is 11.8 Å². The Labute approximate surface area is 153 Å². The van der Waals surface area contributed by atoms with E-state index in [9.17, 15) is 9.18 Å². The lowest BCUT2D eigenvalue weighted by Gasteiger charge is -2.07. The van der Waals surface area contributed by atoms with E-state index in [2.05, 4.69) is 15.5 Å². The van der Waals surface area contributed by atoms with Crippen LogP contribution in [0.2, 0.25) is 0 Å². The summed E-state index contributed by atoms with van der Waals surface area (Å²) in [6, 6.07) is 11.5. The Morgan fingerprint density at radius 3 is 2.85 bits per heavy atom. The molecule has 0 saturated carbocycles. The van der Waals surface area contributed by atoms with Crippen molar-refractivity contribution in [2.45, 2.75) is 12.1 Å². The molecule has 0 fully saturated rings. The summed E-state index contributed by atoms with van der Waals surface area (Å²) in [6.07, 6.45) is 0. The largest absolute Gasteiger partial charge is 0.496 e. The number of carbonyl (C=O) groups excluding carboxylic acids is 1. The van der Waals surface area contributed by atoms with Crippen LogP contribution in [-0.2, 0) is 4.79 Å². The smallest absolute Gasteiger partial charge is 0.277 e. The van der Waals surface area contributed by atoms with Gasteiger partial charge in [-0.15, -0.1) is 10.2 Å². The number of carbonyl (C=O) groups is 1. The predicted molar refractivity (Wildman–Crippen MR) is 96.8 cm³/mol. The van der Waals surface area contributed by atoms with Gasteiger partial charge >= 0.3 is 0 Å². The number of ether oxygens (including phenoxy) is 1. The van der Waals surface area contributed by atoms with Crippen LogP contribution in [0.15, 0.2) is 52.1 Å². The molecule has 0 aliphatic rings. The van der Waals surface area contributed by atoms with Crippen LogP contribution in [0.3, 0.4) is 0 Å². The first-order valence-corrected chi connectivity index (χ1v) is 8.71. The number of para-hydroxylation sites is 1. The molecular formula is C18H16FN3O3S. The van der Waals surface area contributed by atoms with Gasteiger partial charge in [-0.25, -0.2) is 4.39 Å². The lowest BCUT2D eigenvalue weighted by Crippen LogP contribution is -2.14. The van der Waals surface area contributed by atoms with Crippen molar-refractivity contribution < 1.29 is 18.3 Å². The van der Waals surface area contributed by atoms with Crippen LogP contribution < -0.4 is 10.1 Å². The third-order valence-corrected chi connectivity index (χ3v) is 4.35. The first kappa shape index (κ1) is 17.9. The van der Waals surface area contributed by atoms with E-state index in [4.69, 9.17) is 9.15 Å². The molecule has 3 aromatic rings. The van der Waals surface area contributed by atoms with E-state index in [1.165, 1.54) is 18.2 Å².